The molecule has 0 spiro atoms. The third-order valence-electron chi connectivity index (χ3n) is 7.86. The van der Waals surface area contributed by atoms with Gasteiger partial charge in [-0.1, -0.05) is 125 Å². The number of carbonyl (C=O) groups excluding carboxylic acids is 2. The number of carbonyl (C=O) groups is 2. The number of rotatable bonds is 36. The highest BCUT2D eigenvalue weighted by Crippen LogP contribution is 2.43. The number of unbranched alkanes of at least 4 members (excludes halogenated alkanes) is 10. The van der Waals surface area contributed by atoms with Crippen molar-refractivity contribution < 1.29 is 47.8 Å². The van der Waals surface area contributed by atoms with Crippen molar-refractivity contribution in [1.82, 2.24) is 0 Å². The number of allylic oxidation sites excluding steroid dienone is 12. The van der Waals surface area contributed by atoms with Crippen molar-refractivity contribution in [1.29, 1.82) is 0 Å². The Balaban J connectivity index is 4.41. The Labute approximate surface area is 320 Å². The zero-order valence-electron chi connectivity index (χ0n) is 32.7. The first-order valence-corrected chi connectivity index (χ1v) is 21.4. The molecule has 53 heavy (non-hydrogen) atoms. The van der Waals surface area contributed by atoms with E-state index in [9.17, 15) is 24.2 Å². The molecule has 0 bridgehead atoms. The monoisotopic (exact) mass is 766 g/mol. The van der Waals surface area contributed by atoms with Crippen molar-refractivity contribution in [3.8, 4) is 0 Å². The molecule has 0 aliphatic rings. The zero-order chi connectivity index (χ0) is 39.1. The van der Waals surface area contributed by atoms with Crippen LogP contribution in [0.4, 0.5) is 0 Å². The maximum absolute atomic E-state index is 12.6. The van der Waals surface area contributed by atoms with Gasteiger partial charge in [-0.25, -0.2) is 4.57 Å². The van der Waals surface area contributed by atoms with Gasteiger partial charge in [-0.2, -0.15) is 0 Å². The maximum Gasteiger partial charge on any atom is 0.472 e. The molecule has 0 saturated carbocycles. The van der Waals surface area contributed by atoms with Crippen molar-refractivity contribution in [3.63, 3.8) is 0 Å². The van der Waals surface area contributed by atoms with E-state index in [2.05, 4.69) is 91.3 Å². The summed E-state index contributed by atoms with van der Waals surface area (Å²) in [5.41, 5.74) is 0. The summed E-state index contributed by atoms with van der Waals surface area (Å²) in [7, 11) is -4.63. The first kappa shape index (κ1) is 50.4. The Kier molecular flexibility index (Phi) is 35.9. The van der Waals surface area contributed by atoms with Crippen LogP contribution in [0.25, 0.3) is 0 Å². The van der Waals surface area contributed by atoms with E-state index < -0.39 is 51.8 Å². The number of ether oxygens (including phenoxy) is 2. The van der Waals surface area contributed by atoms with E-state index in [0.29, 0.717) is 12.8 Å². The Morgan fingerprint density at radius 3 is 1.49 bits per heavy atom. The molecule has 0 heterocycles. The van der Waals surface area contributed by atoms with Crippen LogP contribution in [0.1, 0.15) is 142 Å². The first-order chi connectivity index (χ1) is 25.7. The molecule has 11 heteroatoms. The Hall–Kier alpha value is -2.59. The number of phosphoric acid groups is 1. The number of phosphoric ester groups is 1. The lowest BCUT2D eigenvalue weighted by molar-refractivity contribution is -0.161. The van der Waals surface area contributed by atoms with Crippen LogP contribution in [-0.2, 0) is 32.7 Å². The van der Waals surface area contributed by atoms with Crippen LogP contribution in [0.5, 0.6) is 0 Å². The fraction of sp³-hybridized carbons (Fsp3) is 0.667. The van der Waals surface area contributed by atoms with Crippen LogP contribution in [0.3, 0.4) is 0 Å². The average molecular weight is 767 g/mol. The Morgan fingerprint density at radius 2 is 0.981 bits per heavy atom. The number of hydrogen-bond acceptors (Lipinski definition) is 9. The minimum absolute atomic E-state index is 0.162. The van der Waals surface area contributed by atoms with Crippen molar-refractivity contribution >= 4 is 19.8 Å². The smallest absolute Gasteiger partial charge is 0.462 e. The average Bonchev–Trinajstić information content (AvgIpc) is 3.14. The second-order valence-electron chi connectivity index (χ2n) is 12.9. The topological polar surface area (TPSA) is 149 Å². The highest BCUT2D eigenvalue weighted by Gasteiger charge is 2.27. The molecule has 0 aliphatic carbocycles. The van der Waals surface area contributed by atoms with E-state index in [1.165, 1.54) is 12.8 Å². The SMILES string of the molecule is CC/C=C\C/C=C\C/C=C\CCCCCCCCCC(=O)OC(COC(=O)CCCCC/C=C\C/C=C\C/C=C\CC)COP(=O)(O)OCC(O)CO. The minimum atomic E-state index is -4.63. The van der Waals surface area contributed by atoms with Gasteiger partial charge in [0.25, 0.3) is 0 Å². The Morgan fingerprint density at radius 1 is 0.566 bits per heavy atom. The minimum Gasteiger partial charge on any atom is -0.462 e. The van der Waals surface area contributed by atoms with E-state index >= 15 is 0 Å². The molecule has 0 aromatic heterocycles. The molecule has 3 N–H and O–H groups in total. The van der Waals surface area contributed by atoms with Crippen molar-refractivity contribution in [3.05, 3.63) is 72.9 Å². The molecule has 0 fully saturated rings. The Bertz CT molecular complexity index is 1110. The largest absolute Gasteiger partial charge is 0.472 e. The summed E-state index contributed by atoms with van der Waals surface area (Å²) < 4.78 is 32.6. The van der Waals surface area contributed by atoms with Gasteiger partial charge in [0.2, 0.25) is 0 Å². The summed E-state index contributed by atoms with van der Waals surface area (Å²) >= 11 is 0. The van der Waals surface area contributed by atoms with E-state index in [-0.39, 0.29) is 19.4 Å². The van der Waals surface area contributed by atoms with Crippen LogP contribution >= 0.6 is 7.82 Å². The normalized spacial score (nSPS) is 14.7. The predicted octanol–water partition coefficient (Wildman–Crippen LogP) is 10.1. The summed E-state index contributed by atoms with van der Waals surface area (Å²) in [5.74, 6) is -0.979. The molecule has 0 aromatic rings. The van der Waals surface area contributed by atoms with Crippen LogP contribution in [-0.4, -0.2) is 65.7 Å². The lowest BCUT2D eigenvalue weighted by Gasteiger charge is -2.20. The van der Waals surface area contributed by atoms with E-state index in [4.69, 9.17) is 19.1 Å². The van der Waals surface area contributed by atoms with Crippen molar-refractivity contribution in [2.24, 2.45) is 0 Å². The number of aliphatic hydroxyl groups is 2. The van der Waals surface area contributed by atoms with Gasteiger partial charge in [0.1, 0.15) is 12.7 Å². The number of esters is 2. The fourth-order valence-corrected chi connectivity index (χ4v) is 5.63. The lowest BCUT2D eigenvalue weighted by atomic mass is 10.1. The van der Waals surface area contributed by atoms with Gasteiger partial charge in [0.15, 0.2) is 6.10 Å². The predicted molar refractivity (Wildman–Crippen MR) is 214 cm³/mol. The summed E-state index contributed by atoms with van der Waals surface area (Å²) in [5, 5.41) is 18.3. The molecule has 0 aliphatic heterocycles. The van der Waals surface area contributed by atoms with Crippen LogP contribution in [0.15, 0.2) is 72.9 Å². The van der Waals surface area contributed by atoms with Gasteiger partial charge in [0, 0.05) is 12.8 Å². The molecule has 10 nitrogen and oxygen atoms in total. The summed E-state index contributed by atoms with van der Waals surface area (Å²) in [6, 6.07) is 0. The molecule has 3 unspecified atom stereocenters. The summed E-state index contributed by atoms with van der Waals surface area (Å²) in [6.07, 6.45) is 41.6. The van der Waals surface area contributed by atoms with E-state index in [1.807, 2.05) is 0 Å². The van der Waals surface area contributed by atoms with Gasteiger partial charge in [-0.15, -0.1) is 0 Å². The van der Waals surface area contributed by atoms with Crippen LogP contribution in [0, 0.1) is 0 Å². The number of aliphatic hydroxyl groups excluding tert-OH is 2. The van der Waals surface area contributed by atoms with Gasteiger partial charge >= 0.3 is 19.8 Å². The van der Waals surface area contributed by atoms with Crippen LogP contribution < -0.4 is 0 Å². The molecule has 0 radical (unpaired) electrons. The van der Waals surface area contributed by atoms with Crippen molar-refractivity contribution in [2.45, 2.75) is 154 Å². The van der Waals surface area contributed by atoms with Gasteiger partial charge in [-0.3, -0.25) is 18.6 Å². The molecule has 0 amide bonds. The van der Waals surface area contributed by atoms with Gasteiger partial charge < -0.3 is 24.6 Å². The van der Waals surface area contributed by atoms with Gasteiger partial charge in [-0.05, 0) is 77.0 Å². The third-order valence-corrected chi connectivity index (χ3v) is 8.81. The fourth-order valence-electron chi connectivity index (χ4n) is 4.84. The zero-order valence-corrected chi connectivity index (χ0v) is 33.6. The van der Waals surface area contributed by atoms with E-state index in [1.54, 1.807) is 0 Å². The summed E-state index contributed by atoms with van der Waals surface area (Å²) in [6.45, 7) is 2.08. The van der Waals surface area contributed by atoms with Crippen molar-refractivity contribution in [2.75, 3.05) is 26.4 Å². The highest BCUT2D eigenvalue weighted by molar-refractivity contribution is 7.47. The molecule has 3 atom stereocenters. The second-order valence-corrected chi connectivity index (χ2v) is 14.3. The molecule has 304 valence electrons. The second kappa shape index (κ2) is 37.7. The quantitative estimate of drug-likeness (QED) is 0.0243. The highest BCUT2D eigenvalue weighted by atomic mass is 31.2. The third kappa shape index (κ3) is 37.5. The molecular formula is C42H71O10P. The number of hydrogen-bond donors (Lipinski definition) is 3. The first-order valence-electron chi connectivity index (χ1n) is 19.9. The van der Waals surface area contributed by atoms with Crippen LogP contribution in [0.2, 0.25) is 0 Å². The van der Waals surface area contributed by atoms with Gasteiger partial charge in [0.05, 0.1) is 19.8 Å². The molecule has 0 rings (SSSR count). The molecule has 0 aromatic carbocycles. The maximum atomic E-state index is 12.6. The molecular weight excluding hydrogens is 695 g/mol. The standard InChI is InChI=1S/C42H71O10P/c1-3-5-7-9-11-13-15-17-18-19-20-22-24-26-28-30-32-34-42(46)52-40(38-51-53(47,48)50-36-39(44)35-43)37-49-41(45)33-31-29-27-25-23-21-16-14-12-10-8-6-4-2/h5-8,11-14,17-18,21,23,39-40,43-44H,3-4,9-10,15-16,19-20,22,24-38H2,1-2H3,(H,47,48)/b7-5-,8-6-,13-11-,14-12-,18-17-,23-21-. The van der Waals surface area contributed by atoms with E-state index in [0.717, 1.165) is 89.9 Å². The molecule has 0 saturated heterocycles. The summed E-state index contributed by atoms with van der Waals surface area (Å²) in [4.78, 5) is 34.9. The lowest BCUT2D eigenvalue weighted by Crippen LogP contribution is -2.29.